The molecule has 3 N–H and O–H groups in total. The minimum absolute atomic E-state index is 0.0106. The highest BCUT2D eigenvalue weighted by molar-refractivity contribution is 6.09. The van der Waals surface area contributed by atoms with Gasteiger partial charge in [-0.05, 0) is 106 Å². The molecule has 1 aliphatic heterocycles. The first-order chi connectivity index (χ1) is 21.2. The molecule has 2 atom stereocenters. The standard InChI is InChI=1S/C36H26F4N4/c37-32-10-8-20(13-31(32)36(38,39)40)19-7-9-23-26-14-28-25(15-29(26)35(27(23)12-19)30(17-43)33-18-44-33)22-5-1-2-6-24(22)34(28)21(16-42)4-3-11-41/h1-2,5-10,12-14,25,33,44H,3-4,11,15,18,41H2/b34-21+,35-30-. The molecule has 0 spiro atoms. The predicted molar refractivity (Wildman–Crippen MR) is 161 cm³/mol. The van der Waals surface area contributed by atoms with Crippen LogP contribution in [-0.2, 0) is 6.18 Å². The van der Waals surface area contributed by atoms with Gasteiger partial charge in [-0.15, -0.1) is 0 Å². The lowest BCUT2D eigenvalue weighted by Crippen LogP contribution is -2.08. The number of hydrogen-bond donors (Lipinski definition) is 2. The molecule has 1 fully saturated rings. The lowest BCUT2D eigenvalue weighted by molar-refractivity contribution is -0.139. The second-order valence-electron chi connectivity index (χ2n) is 11.5. The minimum Gasteiger partial charge on any atom is -0.330 e. The fraction of sp³-hybridized carbons (Fsp3) is 0.222. The smallest absolute Gasteiger partial charge is 0.330 e. The van der Waals surface area contributed by atoms with Gasteiger partial charge in [0.1, 0.15) is 5.82 Å². The van der Waals surface area contributed by atoms with Crippen LogP contribution in [0.4, 0.5) is 17.6 Å². The van der Waals surface area contributed by atoms with Crippen LogP contribution in [0.2, 0.25) is 0 Å². The van der Waals surface area contributed by atoms with Crippen LogP contribution in [0.1, 0.15) is 53.0 Å². The SMILES string of the molecule is N#C/C(CCCN)=C1/C2=CC3=C(CC2c2ccccc21)/C(=C(/C#N)C1CN1)c1cc(-c2ccc(F)c(C(F)(F)F)c2)ccc13. The van der Waals surface area contributed by atoms with Crippen molar-refractivity contribution in [2.75, 3.05) is 13.1 Å². The van der Waals surface area contributed by atoms with Gasteiger partial charge in [0.15, 0.2) is 0 Å². The topological polar surface area (TPSA) is 95.5 Å². The zero-order valence-electron chi connectivity index (χ0n) is 23.5. The quantitative estimate of drug-likeness (QED) is 0.181. The normalized spacial score (nSPS) is 21.8. The van der Waals surface area contributed by atoms with Crippen LogP contribution in [0.25, 0.3) is 27.8 Å². The van der Waals surface area contributed by atoms with Gasteiger partial charge in [-0.3, -0.25) is 0 Å². The molecule has 1 heterocycles. The lowest BCUT2D eigenvalue weighted by atomic mass is 9.80. The molecule has 4 aliphatic rings. The van der Waals surface area contributed by atoms with Crippen molar-refractivity contribution in [3.63, 3.8) is 0 Å². The second-order valence-corrected chi connectivity index (χ2v) is 11.5. The predicted octanol–water partition coefficient (Wildman–Crippen LogP) is 7.67. The van der Waals surface area contributed by atoms with Gasteiger partial charge in [0.2, 0.25) is 0 Å². The van der Waals surface area contributed by atoms with Crippen LogP contribution < -0.4 is 11.1 Å². The summed E-state index contributed by atoms with van der Waals surface area (Å²) in [5.74, 6) is -1.33. The molecule has 0 saturated carbocycles. The van der Waals surface area contributed by atoms with Gasteiger partial charge in [0.25, 0.3) is 0 Å². The molecule has 44 heavy (non-hydrogen) atoms. The molecule has 4 nitrogen and oxygen atoms in total. The maximum atomic E-state index is 14.1. The van der Waals surface area contributed by atoms with Crippen molar-refractivity contribution >= 4 is 16.7 Å². The molecule has 0 radical (unpaired) electrons. The molecular formula is C36H26F4N4. The summed E-state index contributed by atoms with van der Waals surface area (Å²) in [4.78, 5) is 0. The number of allylic oxidation sites excluding steroid dienone is 7. The van der Waals surface area contributed by atoms with Crippen LogP contribution in [0.3, 0.4) is 0 Å². The molecule has 0 amide bonds. The third-order valence-corrected chi connectivity index (χ3v) is 9.00. The molecule has 7 rings (SSSR count). The molecule has 3 aromatic rings. The van der Waals surface area contributed by atoms with E-state index in [0.29, 0.717) is 49.1 Å². The highest BCUT2D eigenvalue weighted by Gasteiger charge is 2.42. The summed E-state index contributed by atoms with van der Waals surface area (Å²) in [6, 6.07) is 21.3. The third kappa shape index (κ3) is 4.42. The number of rotatable bonds is 5. The summed E-state index contributed by atoms with van der Waals surface area (Å²) in [6.07, 6.45) is -0.811. The van der Waals surface area contributed by atoms with Crippen LogP contribution in [0.5, 0.6) is 0 Å². The first kappa shape index (κ1) is 28.0. The number of nitriles is 2. The Balaban J connectivity index is 1.43. The Hall–Kier alpha value is -4.76. The highest BCUT2D eigenvalue weighted by atomic mass is 19.4. The summed E-state index contributed by atoms with van der Waals surface area (Å²) in [6.45, 7) is 1.15. The van der Waals surface area contributed by atoms with Crippen molar-refractivity contribution in [1.82, 2.24) is 5.32 Å². The molecule has 0 aromatic heterocycles. The fourth-order valence-corrected chi connectivity index (χ4v) is 6.93. The van der Waals surface area contributed by atoms with E-state index in [-0.39, 0.29) is 17.5 Å². The molecule has 2 unspecified atom stereocenters. The van der Waals surface area contributed by atoms with E-state index in [1.54, 1.807) is 6.07 Å². The van der Waals surface area contributed by atoms with Gasteiger partial charge in [0.05, 0.1) is 29.3 Å². The van der Waals surface area contributed by atoms with Gasteiger partial charge in [0, 0.05) is 23.6 Å². The number of nitrogens with one attached hydrogen (secondary N) is 1. The van der Waals surface area contributed by atoms with Crippen molar-refractivity contribution in [3.05, 3.63) is 123 Å². The number of nitrogens with two attached hydrogens (primary N) is 1. The molecule has 218 valence electrons. The van der Waals surface area contributed by atoms with Crippen LogP contribution >= 0.6 is 0 Å². The van der Waals surface area contributed by atoms with E-state index in [9.17, 15) is 28.1 Å². The van der Waals surface area contributed by atoms with Crippen molar-refractivity contribution in [2.45, 2.75) is 37.4 Å². The summed E-state index contributed by atoms with van der Waals surface area (Å²) in [5.41, 5.74) is 15.1. The van der Waals surface area contributed by atoms with Crippen molar-refractivity contribution in [2.24, 2.45) is 5.73 Å². The number of benzene rings is 3. The first-order valence-electron chi connectivity index (χ1n) is 14.5. The maximum Gasteiger partial charge on any atom is 0.419 e. The summed E-state index contributed by atoms with van der Waals surface area (Å²) in [7, 11) is 0. The molecular weight excluding hydrogens is 564 g/mol. The van der Waals surface area contributed by atoms with Gasteiger partial charge < -0.3 is 11.1 Å². The number of fused-ring (bicyclic) bond motifs is 5. The Labute approximate surface area is 252 Å². The highest BCUT2D eigenvalue weighted by Crippen LogP contribution is 2.59. The van der Waals surface area contributed by atoms with E-state index in [4.69, 9.17) is 5.73 Å². The lowest BCUT2D eigenvalue weighted by Gasteiger charge is -2.23. The Morgan fingerprint density at radius 2 is 1.68 bits per heavy atom. The largest absolute Gasteiger partial charge is 0.419 e. The maximum absolute atomic E-state index is 14.1. The van der Waals surface area contributed by atoms with Gasteiger partial charge in [-0.25, -0.2) is 4.39 Å². The molecule has 3 aliphatic carbocycles. The Morgan fingerprint density at radius 3 is 2.39 bits per heavy atom. The molecule has 3 aromatic carbocycles. The Bertz CT molecular complexity index is 1960. The molecule has 0 bridgehead atoms. The van der Waals surface area contributed by atoms with Crippen molar-refractivity contribution in [3.8, 4) is 23.3 Å². The fourth-order valence-electron chi connectivity index (χ4n) is 6.93. The Morgan fingerprint density at radius 1 is 0.932 bits per heavy atom. The van der Waals surface area contributed by atoms with Crippen LogP contribution in [0.15, 0.2) is 89.0 Å². The van der Waals surface area contributed by atoms with Crippen LogP contribution in [-0.4, -0.2) is 19.1 Å². The second kappa shape index (κ2) is 10.4. The summed E-state index contributed by atoms with van der Waals surface area (Å²) in [5, 5.41) is 23.7. The monoisotopic (exact) mass is 590 g/mol. The van der Waals surface area contributed by atoms with Gasteiger partial charge in [-0.1, -0.05) is 42.5 Å². The van der Waals surface area contributed by atoms with Crippen LogP contribution in [0, 0.1) is 28.5 Å². The van der Waals surface area contributed by atoms with Gasteiger partial charge >= 0.3 is 6.18 Å². The average Bonchev–Trinajstić information content (AvgIpc) is 3.75. The Kier molecular flexibility index (Phi) is 6.66. The van der Waals surface area contributed by atoms with E-state index in [1.165, 1.54) is 6.07 Å². The van der Waals surface area contributed by atoms with E-state index in [2.05, 4.69) is 35.7 Å². The third-order valence-electron chi connectivity index (χ3n) is 9.00. The zero-order chi connectivity index (χ0) is 30.7. The number of nitrogens with zero attached hydrogens (tertiary/aromatic N) is 2. The van der Waals surface area contributed by atoms with E-state index < -0.39 is 17.6 Å². The average molecular weight is 591 g/mol. The van der Waals surface area contributed by atoms with E-state index >= 15 is 0 Å². The molecule has 8 heteroatoms. The molecule has 1 saturated heterocycles. The summed E-state index contributed by atoms with van der Waals surface area (Å²) < 4.78 is 54.7. The zero-order valence-corrected chi connectivity index (χ0v) is 23.5. The number of alkyl halides is 3. The van der Waals surface area contributed by atoms with E-state index in [0.717, 1.165) is 62.3 Å². The summed E-state index contributed by atoms with van der Waals surface area (Å²) >= 11 is 0. The number of halogens is 4. The van der Waals surface area contributed by atoms with E-state index in [1.807, 2.05) is 24.3 Å². The number of hydrogen-bond acceptors (Lipinski definition) is 4. The first-order valence-corrected chi connectivity index (χ1v) is 14.5. The van der Waals surface area contributed by atoms with Crippen molar-refractivity contribution < 1.29 is 17.6 Å². The van der Waals surface area contributed by atoms with Gasteiger partial charge in [-0.2, -0.15) is 23.7 Å². The van der Waals surface area contributed by atoms with Crippen molar-refractivity contribution in [1.29, 1.82) is 10.5 Å². The minimum atomic E-state index is -4.83.